The molecule has 1 aromatic heterocycles. The van der Waals surface area contributed by atoms with E-state index in [1.165, 1.54) is 12.4 Å². The van der Waals surface area contributed by atoms with Crippen LogP contribution < -0.4 is 10.5 Å². The Morgan fingerprint density at radius 2 is 1.91 bits per heavy atom. The zero-order valence-corrected chi connectivity index (χ0v) is 11.9. The third-order valence-electron chi connectivity index (χ3n) is 2.79. The molecular weight excluding hydrogens is 286 g/mol. The molecule has 0 spiro atoms. The minimum atomic E-state index is -0.649. The maximum atomic E-state index is 11.5. The number of benzene rings is 1. The molecule has 7 heteroatoms. The number of nitrogens with two attached hydrogens (primary N) is 1. The first-order chi connectivity index (χ1) is 10.7. The van der Waals surface area contributed by atoms with Gasteiger partial charge >= 0.3 is 0 Å². The first-order valence-corrected chi connectivity index (χ1v) is 6.75. The third kappa shape index (κ3) is 4.00. The van der Waals surface area contributed by atoms with Crippen LogP contribution in [0.1, 0.15) is 10.5 Å². The van der Waals surface area contributed by atoms with Crippen molar-refractivity contribution in [2.24, 2.45) is 5.73 Å². The topological polar surface area (TPSA) is 108 Å². The van der Waals surface area contributed by atoms with Gasteiger partial charge in [0.1, 0.15) is 18.1 Å². The maximum absolute atomic E-state index is 11.5. The molecule has 22 heavy (non-hydrogen) atoms. The number of nitrogens with zero attached hydrogens (tertiary/aromatic N) is 2. The molecule has 0 radical (unpaired) electrons. The predicted molar refractivity (Wildman–Crippen MR) is 79.4 cm³/mol. The van der Waals surface area contributed by atoms with Crippen LogP contribution in [0.4, 0.5) is 0 Å². The lowest BCUT2D eigenvalue weighted by molar-refractivity contribution is 0.0706. The summed E-state index contributed by atoms with van der Waals surface area (Å²) in [5.41, 5.74) is 6.43. The molecule has 0 aliphatic rings. The first kappa shape index (κ1) is 15.9. The van der Waals surface area contributed by atoms with Crippen LogP contribution in [0.3, 0.4) is 0 Å². The van der Waals surface area contributed by atoms with E-state index in [9.17, 15) is 4.79 Å². The summed E-state index contributed by atoms with van der Waals surface area (Å²) in [4.78, 5) is 19.6. The van der Waals surface area contributed by atoms with Gasteiger partial charge < -0.3 is 20.3 Å². The van der Waals surface area contributed by atoms with Crippen molar-refractivity contribution in [1.29, 1.82) is 0 Å². The van der Waals surface area contributed by atoms with Gasteiger partial charge in [-0.05, 0) is 12.1 Å². The summed E-state index contributed by atoms with van der Waals surface area (Å²) < 4.78 is 10.8. The zero-order valence-electron chi connectivity index (χ0n) is 11.9. The summed E-state index contributed by atoms with van der Waals surface area (Å²) in [7, 11) is 0. The second-order valence-corrected chi connectivity index (χ2v) is 4.30. The van der Waals surface area contributed by atoms with Crippen molar-refractivity contribution in [3.63, 3.8) is 0 Å². The fourth-order valence-corrected chi connectivity index (χ4v) is 1.88. The maximum Gasteiger partial charge on any atom is 0.269 e. The molecule has 7 nitrogen and oxygen atoms in total. The largest absolute Gasteiger partial charge is 0.490 e. The van der Waals surface area contributed by atoms with Gasteiger partial charge in [-0.25, -0.2) is 4.98 Å². The molecule has 0 aliphatic heterocycles. The highest BCUT2D eigenvalue weighted by Crippen LogP contribution is 2.29. The van der Waals surface area contributed by atoms with Crippen LogP contribution in [0.25, 0.3) is 11.3 Å². The zero-order chi connectivity index (χ0) is 15.8. The minimum absolute atomic E-state index is 0.0296. The van der Waals surface area contributed by atoms with E-state index >= 15 is 0 Å². The van der Waals surface area contributed by atoms with Crippen LogP contribution >= 0.6 is 0 Å². The van der Waals surface area contributed by atoms with Crippen LogP contribution in [-0.2, 0) is 4.74 Å². The molecule has 0 unspecified atom stereocenters. The molecule has 1 aromatic carbocycles. The summed E-state index contributed by atoms with van der Waals surface area (Å²) >= 11 is 0. The SMILES string of the molecule is NC(=O)c1nccnc1-c1ccccc1OCCOCCO. The normalized spacial score (nSPS) is 10.4. The molecule has 2 rings (SSSR count). The summed E-state index contributed by atoms with van der Waals surface area (Å²) in [6, 6.07) is 7.17. The Bertz CT molecular complexity index is 634. The second kappa shape index (κ2) is 8.06. The molecule has 3 N–H and O–H groups in total. The number of hydrogen-bond donors (Lipinski definition) is 2. The summed E-state index contributed by atoms with van der Waals surface area (Å²) in [5.74, 6) is -0.0951. The molecule has 0 aliphatic carbocycles. The average molecular weight is 303 g/mol. The van der Waals surface area contributed by atoms with Gasteiger partial charge in [-0.3, -0.25) is 9.78 Å². The molecule has 116 valence electrons. The number of carbonyl (C=O) groups excluding carboxylic acids is 1. The standard InChI is InChI=1S/C15H17N3O4/c16-15(20)14-13(17-5-6-18-14)11-3-1-2-4-12(11)22-10-9-21-8-7-19/h1-6,19H,7-10H2,(H2,16,20). The van der Waals surface area contributed by atoms with Crippen molar-refractivity contribution in [2.75, 3.05) is 26.4 Å². The van der Waals surface area contributed by atoms with Gasteiger partial charge in [-0.15, -0.1) is 0 Å². The lowest BCUT2D eigenvalue weighted by Gasteiger charge is -2.12. The van der Waals surface area contributed by atoms with Gasteiger partial charge in [0.25, 0.3) is 5.91 Å². The summed E-state index contributed by atoms with van der Waals surface area (Å²) in [6.45, 7) is 0.889. The van der Waals surface area contributed by atoms with Gasteiger partial charge in [0, 0.05) is 18.0 Å². The van der Waals surface area contributed by atoms with Crippen LogP contribution in [0.5, 0.6) is 5.75 Å². The highest BCUT2D eigenvalue weighted by atomic mass is 16.5. The number of hydrogen-bond acceptors (Lipinski definition) is 6. The highest BCUT2D eigenvalue weighted by molar-refractivity contribution is 5.97. The van der Waals surface area contributed by atoms with Gasteiger partial charge in [-0.2, -0.15) is 0 Å². The molecule has 0 saturated heterocycles. The fourth-order valence-electron chi connectivity index (χ4n) is 1.88. The molecule has 1 heterocycles. The quantitative estimate of drug-likeness (QED) is 0.693. The minimum Gasteiger partial charge on any atom is -0.490 e. The van der Waals surface area contributed by atoms with Crippen LogP contribution in [0.2, 0.25) is 0 Å². The molecule has 0 bridgehead atoms. The van der Waals surface area contributed by atoms with Gasteiger partial charge in [0.2, 0.25) is 0 Å². The van der Waals surface area contributed by atoms with E-state index in [2.05, 4.69) is 9.97 Å². The predicted octanol–water partition coefficient (Wildman–Crippen LogP) is 0.630. The number of primary amides is 1. The number of aromatic nitrogens is 2. The third-order valence-corrected chi connectivity index (χ3v) is 2.79. The Balaban J connectivity index is 2.20. The van der Waals surface area contributed by atoms with E-state index in [1.54, 1.807) is 12.1 Å². The molecule has 0 fully saturated rings. The van der Waals surface area contributed by atoms with Crippen molar-refractivity contribution >= 4 is 5.91 Å². The second-order valence-electron chi connectivity index (χ2n) is 4.30. The smallest absolute Gasteiger partial charge is 0.269 e. The van der Waals surface area contributed by atoms with E-state index in [0.717, 1.165) is 0 Å². The number of rotatable bonds is 8. The van der Waals surface area contributed by atoms with Crippen LogP contribution in [0.15, 0.2) is 36.7 Å². The van der Waals surface area contributed by atoms with Crippen LogP contribution in [-0.4, -0.2) is 47.4 Å². The summed E-state index contributed by atoms with van der Waals surface area (Å²) in [5, 5.41) is 8.63. The van der Waals surface area contributed by atoms with Crippen LogP contribution in [0, 0.1) is 0 Å². The Labute approximate surface area is 127 Å². The first-order valence-electron chi connectivity index (χ1n) is 6.75. The van der Waals surface area contributed by atoms with E-state index in [0.29, 0.717) is 30.2 Å². The number of aliphatic hydroxyl groups excluding tert-OH is 1. The fraction of sp³-hybridized carbons (Fsp3) is 0.267. The average Bonchev–Trinajstić information content (AvgIpc) is 2.55. The monoisotopic (exact) mass is 303 g/mol. The summed E-state index contributed by atoms with van der Waals surface area (Å²) in [6.07, 6.45) is 2.90. The number of ether oxygens (including phenoxy) is 2. The number of carbonyl (C=O) groups is 1. The molecular formula is C15H17N3O4. The molecule has 0 atom stereocenters. The van der Waals surface area contributed by atoms with Crippen molar-refractivity contribution < 1.29 is 19.4 Å². The Morgan fingerprint density at radius 3 is 2.68 bits per heavy atom. The Kier molecular flexibility index (Phi) is 5.81. The van der Waals surface area contributed by atoms with Crippen molar-refractivity contribution in [3.05, 3.63) is 42.4 Å². The number of para-hydroxylation sites is 1. The van der Waals surface area contributed by atoms with E-state index in [-0.39, 0.29) is 18.9 Å². The lowest BCUT2D eigenvalue weighted by atomic mass is 10.1. The Hall–Kier alpha value is -2.51. The van der Waals surface area contributed by atoms with E-state index < -0.39 is 5.91 Å². The van der Waals surface area contributed by atoms with Crippen molar-refractivity contribution in [2.45, 2.75) is 0 Å². The lowest BCUT2D eigenvalue weighted by Crippen LogP contribution is -2.15. The van der Waals surface area contributed by atoms with Crippen molar-refractivity contribution in [3.8, 4) is 17.0 Å². The molecule has 2 aromatic rings. The number of amides is 1. The Morgan fingerprint density at radius 1 is 1.14 bits per heavy atom. The van der Waals surface area contributed by atoms with Crippen molar-refractivity contribution in [1.82, 2.24) is 9.97 Å². The molecule has 1 amide bonds. The number of aliphatic hydroxyl groups is 1. The van der Waals surface area contributed by atoms with Gasteiger partial charge in [0.15, 0.2) is 5.69 Å². The van der Waals surface area contributed by atoms with Gasteiger partial charge in [-0.1, -0.05) is 12.1 Å². The van der Waals surface area contributed by atoms with E-state index in [1.807, 2.05) is 12.1 Å². The van der Waals surface area contributed by atoms with E-state index in [4.69, 9.17) is 20.3 Å². The molecule has 0 saturated carbocycles. The van der Waals surface area contributed by atoms with Gasteiger partial charge in [0.05, 0.1) is 19.8 Å². The highest BCUT2D eigenvalue weighted by Gasteiger charge is 2.16.